The van der Waals surface area contributed by atoms with Crippen molar-refractivity contribution in [1.82, 2.24) is 0 Å². The molecule has 1 heterocycles. The van der Waals surface area contributed by atoms with Crippen LogP contribution in [0.4, 0.5) is 0 Å². The number of phenols is 2. The summed E-state index contributed by atoms with van der Waals surface area (Å²) in [5.74, 6) is 1.99. The highest BCUT2D eigenvalue weighted by molar-refractivity contribution is 5.61. The summed E-state index contributed by atoms with van der Waals surface area (Å²) in [7, 11) is 3.02. The zero-order chi connectivity index (χ0) is 16.4. The van der Waals surface area contributed by atoms with Crippen molar-refractivity contribution in [3.8, 4) is 28.7 Å². The molecule has 0 fully saturated rings. The molecule has 3 rings (SSSR count). The van der Waals surface area contributed by atoms with Gasteiger partial charge in [-0.1, -0.05) is 12.1 Å². The number of aromatic hydroxyl groups is 2. The molecule has 5 heteroatoms. The van der Waals surface area contributed by atoms with Crippen molar-refractivity contribution in [2.45, 2.75) is 12.8 Å². The summed E-state index contributed by atoms with van der Waals surface area (Å²) in [4.78, 5) is 0. The first-order valence-corrected chi connectivity index (χ1v) is 7.50. The van der Waals surface area contributed by atoms with E-state index in [4.69, 9.17) is 14.2 Å². The molecule has 1 atom stereocenters. The van der Waals surface area contributed by atoms with Crippen LogP contribution in [0.1, 0.15) is 11.1 Å². The minimum Gasteiger partial charge on any atom is -0.508 e. The molecule has 0 bridgehead atoms. The third kappa shape index (κ3) is 2.99. The maximum atomic E-state index is 10.2. The van der Waals surface area contributed by atoms with Gasteiger partial charge in [-0.3, -0.25) is 0 Å². The van der Waals surface area contributed by atoms with Crippen LogP contribution < -0.4 is 14.2 Å². The number of ether oxygens (including phenoxy) is 3. The molecular formula is C18H20O5. The highest BCUT2D eigenvalue weighted by Gasteiger charge is 2.27. The molecule has 0 aliphatic carbocycles. The van der Waals surface area contributed by atoms with Gasteiger partial charge in [-0.25, -0.2) is 0 Å². The minimum absolute atomic E-state index is 0.00244. The van der Waals surface area contributed by atoms with E-state index in [0.29, 0.717) is 23.9 Å². The molecular weight excluding hydrogens is 296 g/mol. The van der Waals surface area contributed by atoms with E-state index in [9.17, 15) is 10.2 Å². The predicted molar refractivity (Wildman–Crippen MR) is 85.7 cm³/mol. The lowest BCUT2D eigenvalue weighted by Gasteiger charge is -2.27. The van der Waals surface area contributed by atoms with Crippen molar-refractivity contribution >= 4 is 0 Å². The van der Waals surface area contributed by atoms with Gasteiger partial charge in [0.25, 0.3) is 0 Å². The maximum absolute atomic E-state index is 10.2. The van der Waals surface area contributed by atoms with Gasteiger partial charge in [-0.15, -0.1) is 0 Å². The largest absolute Gasteiger partial charge is 0.508 e. The van der Waals surface area contributed by atoms with Crippen LogP contribution in [-0.2, 0) is 12.8 Å². The van der Waals surface area contributed by atoms with Gasteiger partial charge in [0.1, 0.15) is 11.5 Å². The van der Waals surface area contributed by atoms with Gasteiger partial charge in [-0.05, 0) is 30.5 Å². The fourth-order valence-electron chi connectivity index (χ4n) is 2.99. The Morgan fingerprint density at radius 1 is 1.13 bits per heavy atom. The highest BCUT2D eigenvalue weighted by Crippen LogP contribution is 2.47. The molecule has 0 saturated heterocycles. The number of hydrogen-bond acceptors (Lipinski definition) is 5. The van der Waals surface area contributed by atoms with Gasteiger partial charge >= 0.3 is 0 Å². The van der Waals surface area contributed by atoms with Gasteiger partial charge in [0.15, 0.2) is 11.5 Å². The van der Waals surface area contributed by atoms with Gasteiger partial charge in [-0.2, -0.15) is 0 Å². The fourth-order valence-corrected chi connectivity index (χ4v) is 2.99. The zero-order valence-corrected chi connectivity index (χ0v) is 13.2. The Morgan fingerprint density at radius 3 is 2.52 bits per heavy atom. The fraction of sp³-hybridized carbons (Fsp3) is 0.333. The SMILES string of the molecule is COc1cc2c(c(OC)c1O)CC(Cc1ccc(O)cc1)CO2. The summed E-state index contributed by atoms with van der Waals surface area (Å²) >= 11 is 0. The van der Waals surface area contributed by atoms with Crippen LogP contribution in [0.25, 0.3) is 0 Å². The van der Waals surface area contributed by atoms with Crippen molar-refractivity contribution in [2.24, 2.45) is 5.92 Å². The number of benzene rings is 2. The Labute approximate surface area is 135 Å². The van der Waals surface area contributed by atoms with Crippen LogP contribution in [0.3, 0.4) is 0 Å². The predicted octanol–water partition coefficient (Wildman–Crippen LogP) is 2.91. The molecule has 0 saturated carbocycles. The van der Waals surface area contributed by atoms with Crippen molar-refractivity contribution in [3.63, 3.8) is 0 Å². The van der Waals surface area contributed by atoms with Gasteiger partial charge in [0, 0.05) is 17.5 Å². The molecule has 1 aliphatic heterocycles. The highest BCUT2D eigenvalue weighted by atomic mass is 16.5. The van der Waals surface area contributed by atoms with Crippen LogP contribution in [0.2, 0.25) is 0 Å². The molecule has 0 amide bonds. The Balaban J connectivity index is 1.85. The quantitative estimate of drug-likeness (QED) is 0.908. The average Bonchev–Trinajstić information content (AvgIpc) is 2.56. The Morgan fingerprint density at radius 2 is 1.87 bits per heavy atom. The topological polar surface area (TPSA) is 68.2 Å². The molecule has 122 valence electrons. The Kier molecular flexibility index (Phi) is 4.19. The lowest BCUT2D eigenvalue weighted by molar-refractivity contribution is 0.214. The number of hydrogen-bond donors (Lipinski definition) is 2. The minimum atomic E-state index is 0.00244. The second kappa shape index (κ2) is 6.28. The summed E-state index contributed by atoms with van der Waals surface area (Å²) in [6.45, 7) is 0.588. The van der Waals surface area contributed by atoms with Crippen molar-refractivity contribution in [1.29, 1.82) is 0 Å². The molecule has 0 spiro atoms. The van der Waals surface area contributed by atoms with Gasteiger partial charge < -0.3 is 24.4 Å². The number of methoxy groups -OCH3 is 2. The van der Waals surface area contributed by atoms with Crippen LogP contribution in [0.15, 0.2) is 30.3 Å². The third-order valence-electron chi connectivity index (χ3n) is 4.13. The smallest absolute Gasteiger partial charge is 0.201 e. The molecule has 2 aromatic rings. The van der Waals surface area contributed by atoms with E-state index < -0.39 is 0 Å². The number of phenolic OH excluding ortho intramolecular Hbond substituents is 2. The van der Waals surface area contributed by atoms with E-state index in [2.05, 4.69) is 0 Å². The zero-order valence-electron chi connectivity index (χ0n) is 13.2. The average molecular weight is 316 g/mol. The van der Waals surface area contributed by atoms with Gasteiger partial charge in [0.2, 0.25) is 5.75 Å². The van der Waals surface area contributed by atoms with Crippen molar-refractivity contribution in [2.75, 3.05) is 20.8 Å². The summed E-state index contributed by atoms with van der Waals surface area (Å²) in [5.41, 5.74) is 2.00. The van der Waals surface area contributed by atoms with E-state index in [0.717, 1.165) is 24.0 Å². The normalized spacial score (nSPS) is 16.3. The van der Waals surface area contributed by atoms with E-state index in [-0.39, 0.29) is 17.4 Å². The standard InChI is InChI=1S/C18H20O5/c1-21-16-9-15-14(18(22-2)17(16)20)8-12(10-23-15)7-11-3-5-13(19)6-4-11/h3-6,9,12,19-20H,7-8,10H2,1-2H3. The van der Waals surface area contributed by atoms with Crippen LogP contribution in [0, 0.1) is 5.92 Å². The lowest BCUT2D eigenvalue weighted by Crippen LogP contribution is -2.23. The molecule has 23 heavy (non-hydrogen) atoms. The summed E-state index contributed by atoms with van der Waals surface area (Å²) < 4.78 is 16.4. The number of rotatable bonds is 4. The van der Waals surface area contributed by atoms with Crippen molar-refractivity contribution < 1.29 is 24.4 Å². The van der Waals surface area contributed by atoms with Crippen LogP contribution in [0.5, 0.6) is 28.7 Å². The van der Waals surface area contributed by atoms with E-state index in [1.54, 1.807) is 18.2 Å². The van der Waals surface area contributed by atoms with E-state index in [1.807, 2.05) is 12.1 Å². The summed E-state index contributed by atoms with van der Waals surface area (Å²) in [6, 6.07) is 8.89. The third-order valence-corrected chi connectivity index (χ3v) is 4.13. The van der Waals surface area contributed by atoms with E-state index >= 15 is 0 Å². The van der Waals surface area contributed by atoms with Crippen LogP contribution in [-0.4, -0.2) is 31.0 Å². The maximum Gasteiger partial charge on any atom is 0.201 e. The Bertz CT molecular complexity index is 694. The first kappa shape index (κ1) is 15.3. The second-order valence-corrected chi connectivity index (χ2v) is 5.69. The van der Waals surface area contributed by atoms with E-state index in [1.165, 1.54) is 14.2 Å². The molecule has 0 aromatic heterocycles. The summed E-state index contributed by atoms with van der Waals surface area (Å²) in [5, 5.41) is 19.6. The first-order valence-electron chi connectivity index (χ1n) is 7.50. The number of fused-ring (bicyclic) bond motifs is 1. The molecule has 0 radical (unpaired) electrons. The first-order chi connectivity index (χ1) is 11.1. The second-order valence-electron chi connectivity index (χ2n) is 5.69. The molecule has 2 N–H and O–H groups in total. The molecule has 1 aliphatic rings. The van der Waals surface area contributed by atoms with Crippen molar-refractivity contribution in [3.05, 3.63) is 41.5 Å². The van der Waals surface area contributed by atoms with Gasteiger partial charge in [0.05, 0.1) is 20.8 Å². The molecule has 5 nitrogen and oxygen atoms in total. The molecule has 1 unspecified atom stereocenters. The molecule has 2 aromatic carbocycles. The Hall–Kier alpha value is -2.56. The monoisotopic (exact) mass is 316 g/mol. The summed E-state index contributed by atoms with van der Waals surface area (Å²) in [6.07, 6.45) is 1.58. The lowest BCUT2D eigenvalue weighted by atomic mass is 9.90. The van der Waals surface area contributed by atoms with Crippen LogP contribution >= 0.6 is 0 Å².